The Balaban J connectivity index is 1.59. The third kappa shape index (κ3) is 5.62. The van der Waals surface area contributed by atoms with E-state index in [1.807, 2.05) is 43.4 Å². The van der Waals surface area contributed by atoms with Crippen molar-refractivity contribution in [2.45, 2.75) is 32.9 Å². The van der Waals surface area contributed by atoms with Crippen LogP contribution in [0, 0.1) is 5.92 Å². The molecular weight excluding hydrogens is 354 g/mol. The number of hydrogen-bond donors (Lipinski definition) is 2. The number of nitrogens with zero attached hydrogens (tertiary/aromatic N) is 1. The molecule has 1 amide bonds. The normalized spacial score (nSPS) is 13.6. The first-order chi connectivity index (χ1) is 13.0. The number of aromatic nitrogens is 1. The highest BCUT2D eigenvalue weighted by atomic mass is 32.1. The molecule has 0 saturated heterocycles. The summed E-state index contributed by atoms with van der Waals surface area (Å²) < 4.78 is 1.20. The molecule has 3 aromatic rings. The van der Waals surface area contributed by atoms with Crippen molar-refractivity contribution in [2.75, 3.05) is 13.6 Å². The molecule has 3 rings (SSSR count). The molecule has 0 aliphatic carbocycles. The average Bonchev–Trinajstić information content (AvgIpc) is 3.03. The second-order valence-electron chi connectivity index (χ2n) is 7.55. The molecule has 1 heterocycles. The van der Waals surface area contributed by atoms with Crippen LogP contribution in [-0.2, 0) is 11.3 Å². The summed E-state index contributed by atoms with van der Waals surface area (Å²) in [6.45, 7) is 5.57. The summed E-state index contributed by atoms with van der Waals surface area (Å²) in [5, 5.41) is 4.30. The number of fused-ring (bicyclic) bond motifs is 1. The Morgan fingerprint density at radius 3 is 2.52 bits per heavy atom. The second kappa shape index (κ2) is 9.11. The molecular formula is C22H28N3OS+. The highest BCUT2D eigenvalue weighted by Crippen LogP contribution is 2.21. The molecule has 5 heteroatoms. The van der Waals surface area contributed by atoms with Gasteiger partial charge in [0.05, 0.1) is 23.3 Å². The third-order valence-corrected chi connectivity index (χ3v) is 5.53. The first kappa shape index (κ1) is 19.5. The van der Waals surface area contributed by atoms with Crippen molar-refractivity contribution < 1.29 is 9.69 Å². The molecule has 0 saturated carbocycles. The van der Waals surface area contributed by atoms with Crippen molar-refractivity contribution in [3.63, 3.8) is 0 Å². The summed E-state index contributed by atoms with van der Waals surface area (Å²) in [6.07, 6.45) is 0.937. The van der Waals surface area contributed by atoms with E-state index in [1.54, 1.807) is 11.3 Å². The molecule has 2 N–H and O–H groups in total. The number of rotatable bonds is 8. The minimum Gasteiger partial charge on any atom is -0.344 e. The molecule has 0 radical (unpaired) electrons. The predicted octanol–water partition coefficient (Wildman–Crippen LogP) is 3.21. The Labute approximate surface area is 165 Å². The zero-order valence-corrected chi connectivity index (χ0v) is 17.1. The number of amides is 1. The second-order valence-corrected chi connectivity index (χ2v) is 8.66. The van der Waals surface area contributed by atoms with Gasteiger partial charge in [-0.1, -0.05) is 56.3 Å². The summed E-state index contributed by atoms with van der Waals surface area (Å²) in [5.41, 5.74) is 2.21. The van der Waals surface area contributed by atoms with Gasteiger partial charge < -0.3 is 10.2 Å². The number of carbonyl (C=O) groups excluding carboxylic acids is 1. The third-order valence-electron chi connectivity index (χ3n) is 4.50. The Bertz CT molecular complexity index is 842. The smallest absolute Gasteiger partial charge is 0.275 e. The lowest BCUT2D eigenvalue weighted by Gasteiger charge is -2.22. The molecule has 0 bridgehead atoms. The molecule has 2 aromatic carbocycles. The van der Waals surface area contributed by atoms with Crippen LogP contribution < -0.4 is 10.2 Å². The zero-order chi connectivity index (χ0) is 19.2. The molecule has 0 aliphatic heterocycles. The molecule has 142 valence electrons. The van der Waals surface area contributed by atoms with Crippen LogP contribution in [0.25, 0.3) is 10.2 Å². The fourth-order valence-corrected chi connectivity index (χ4v) is 4.35. The van der Waals surface area contributed by atoms with E-state index in [9.17, 15) is 4.79 Å². The number of hydrogen-bond acceptors (Lipinski definition) is 3. The summed E-state index contributed by atoms with van der Waals surface area (Å²) in [5.74, 6) is 0.603. The van der Waals surface area contributed by atoms with Crippen molar-refractivity contribution in [3.8, 4) is 0 Å². The fraction of sp³-hybridized carbons (Fsp3) is 0.364. The van der Waals surface area contributed by atoms with E-state index >= 15 is 0 Å². The first-order valence-corrected chi connectivity index (χ1v) is 10.3. The van der Waals surface area contributed by atoms with Gasteiger partial charge in [0, 0.05) is 0 Å². The molecule has 0 fully saturated rings. The average molecular weight is 383 g/mol. The van der Waals surface area contributed by atoms with E-state index in [4.69, 9.17) is 0 Å². The van der Waals surface area contributed by atoms with Gasteiger partial charge in [-0.05, 0) is 30.0 Å². The molecule has 1 unspecified atom stereocenters. The highest BCUT2D eigenvalue weighted by molar-refractivity contribution is 7.18. The van der Waals surface area contributed by atoms with Crippen molar-refractivity contribution in [3.05, 3.63) is 65.2 Å². The van der Waals surface area contributed by atoms with Gasteiger partial charge in [-0.3, -0.25) is 4.79 Å². The standard InChI is InChI=1S/C22H27N3OS/c1-16(2)13-19(17-9-5-4-6-10-17)23-21(26)14-25(3)15-22-24-18-11-7-8-12-20(18)27-22/h4-12,16,19H,13-15H2,1-3H3,(H,23,26)/p+1/t19-/m1/s1. The summed E-state index contributed by atoms with van der Waals surface area (Å²) in [7, 11) is 2.05. The van der Waals surface area contributed by atoms with E-state index in [-0.39, 0.29) is 11.9 Å². The molecule has 0 aliphatic rings. The molecule has 1 aromatic heterocycles. The van der Waals surface area contributed by atoms with Crippen LogP contribution in [0.5, 0.6) is 0 Å². The van der Waals surface area contributed by atoms with Gasteiger partial charge in [0.15, 0.2) is 6.54 Å². The molecule has 27 heavy (non-hydrogen) atoms. The van der Waals surface area contributed by atoms with Crippen molar-refractivity contribution in [1.29, 1.82) is 0 Å². The van der Waals surface area contributed by atoms with Gasteiger partial charge >= 0.3 is 0 Å². The van der Waals surface area contributed by atoms with Crippen LogP contribution in [-0.4, -0.2) is 24.5 Å². The van der Waals surface area contributed by atoms with Crippen molar-refractivity contribution in [2.24, 2.45) is 5.92 Å². The largest absolute Gasteiger partial charge is 0.344 e. The molecule has 4 nitrogen and oxygen atoms in total. The predicted molar refractivity (Wildman–Crippen MR) is 112 cm³/mol. The van der Waals surface area contributed by atoms with E-state index in [0.29, 0.717) is 12.5 Å². The summed E-state index contributed by atoms with van der Waals surface area (Å²) >= 11 is 1.71. The van der Waals surface area contributed by atoms with Crippen LogP contribution in [0.2, 0.25) is 0 Å². The first-order valence-electron chi connectivity index (χ1n) is 9.51. The molecule has 0 spiro atoms. The maximum atomic E-state index is 12.6. The SMILES string of the molecule is CC(C)C[C@@H](NC(=O)C[NH+](C)Cc1nc2ccccc2s1)c1ccccc1. The number of thiazole rings is 1. The van der Waals surface area contributed by atoms with Gasteiger partial charge in [-0.25, -0.2) is 4.98 Å². The van der Waals surface area contributed by atoms with Gasteiger partial charge in [-0.2, -0.15) is 0 Å². The van der Waals surface area contributed by atoms with Crippen molar-refractivity contribution in [1.82, 2.24) is 10.3 Å². The number of carbonyl (C=O) groups is 1. The maximum Gasteiger partial charge on any atom is 0.275 e. The van der Waals surface area contributed by atoms with Crippen LogP contribution >= 0.6 is 11.3 Å². The molecule has 2 atom stereocenters. The Hall–Kier alpha value is -2.24. The van der Waals surface area contributed by atoms with Gasteiger partial charge in [0.2, 0.25) is 0 Å². The van der Waals surface area contributed by atoms with Crippen LogP contribution in [0.3, 0.4) is 0 Å². The summed E-state index contributed by atoms with van der Waals surface area (Å²) in [6, 6.07) is 18.5. The highest BCUT2D eigenvalue weighted by Gasteiger charge is 2.19. The quantitative estimate of drug-likeness (QED) is 0.628. The maximum absolute atomic E-state index is 12.6. The van der Waals surface area contributed by atoms with E-state index < -0.39 is 0 Å². The van der Waals surface area contributed by atoms with E-state index in [1.165, 1.54) is 10.3 Å². The van der Waals surface area contributed by atoms with Crippen molar-refractivity contribution >= 4 is 27.5 Å². The van der Waals surface area contributed by atoms with Crippen LogP contribution in [0.4, 0.5) is 0 Å². The van der Waals surface area contributed by atoms with E-state index in [2.05, 4.69) is 42.3 Å². The van der Waals surface area contributed by atoms with E-state index in [0.717, 1.165) is 28.4 Å². The summed E-state index contributed by atoms with van der Waals surface area (Å²) in [4.78, 5) is 18.4. The number of quaternary nitrogens is 1. The number of benzene rings is 2. The zero-order valence-electron chi connectivity index (χ0n) is 16.2. The Morgan fingerprint density at radius 2 is 1.81 bits per heavy atom. The van der Waals surface area contributed by atoms with Gasteiger partial charge in [-0.15, -0.1) is 11.3 Å². The van der Waals surface area contributed by atoms with Crippen LogP contribution in [0.15, 0.2) is 54.6 Å². The minimum atomic E-state index is 0.0638. The Kier molecular flexibility index (Phi) is 6.58. The number of para-hydroxylation sites is 1. The van der Waals surface area contributed by atoms with Crippen LogP contribution in [0.1, 0.15) is 36.9 Å². The van der Waals surface area contributed by atoms with Gasteiger partial charge in [0.1, 0.15) is 11.6 Å². The van der Waals surface area contributed by atoms with Gasteiger partial charge in [0.25, 0.3) is 5.91 Å². The number of nitrogens with one attached hydrogen (secondary N) is 2. The topological polar surface area (TPSA) is 46.4 Å². The monoisotopic (exact) mass is 382 g/mol. The lowest BCUT2D eigenvalue weighted by molar-refractivity contribution is -0.885. The lowest BCUT2D eigenvalue weighted by Crippen LogP contribution is -3.08. The minimum absolute atomic E-state index is 0.0638. The lowest BCUT2D eigenvalue weighted by atomic mass is 9.97. The fourth-order valence-electron chi connectivity index (χ4n) is 3.27. The number of likely N-dealkylation sites (N-methyl/N-ethyl adjacent to an activating group) is 1. The Morgan fingerprint density at radius 1 is 1.11 bits per heavy atom.